The lowest BCUT2D eigenvalue weighted by atomic mass is 10.0. The molecule has 0 bridgehead atoms. The van der Waals surface area contributed by atoms with Gasteiger partial charge in [-0.05, 0) is 77.0 Å². The first-order chi connectivity index (χ1) is 21.1. The Morgan fingerprint density at radius 3 is 1.42 bits per heavy atom. The smallest absolute Gasteiger partial charge is 0.220 e. The zero-order valence-corrected chi connectivity index (χ0v) is 28.3. The highest BCUT2D eigenvalue weighted by atomic mass is 16.3. The molecule has 1 amide bonds. The maximum atomic E-state index is 12.3. The number of carbonyl (C=O) groups excluding carboxylic acids is 1. The van der Waals surface area contributed by atoms with Gasteiger partial charge < -0.3 is 20.6 Å². The van der Waals surface area contributed by atoms with E-state index in [9.17, 15) is 20.1 Å². The summed E-state index contributed by atoms with van der Waals surface area (Å²) in [6, 6.07) is -0.837. The van der Waals surface area contributed by atoms with Crippen molar-refractivity contribution in [3.63, 3.8) is 0 Å². The van der Waals surface area contributed by atoms with Crippen LogP contribution >= 0.6 is 0 Å². The monoisotopic (exact) mass is 606 g/mol. The molecule has 0 aromatic rings. The topological polar surface area (TPSA) is 89.8 Å². The molecule has 5 heteroatoms. The maximum Gasteiger partial charge on any atom is 0.220 e. The highest BCUT2D eigenvalue weighted by Crippen LogP contribution is 2.12. The predicted octanol–water partition coefficient (Wildman–Crippen LogP) is 9.65. The van der Waals surface area contributed by atoms with E-state index in [-0.39, 0.29) is 12.5 Å². The van der Waals surface area contributed by atoms with Crippen molar-refractivity contribution in [2.75, 3.05) is 6.61 Å². The Hall–Kier alpha value is -1.43. The minimum Gasteiger partial charge on any atom is -0.394 e. The average molecular weight is 606 g/mol. The zero-order valence-electron chi connectivity index (χ0n) is 28.3. The molecule has 3 unspecified atom stereocenters. The van der Waals surface area contributed by atoms with E-state index in [1.165, 1.54) is 96.3 Å². The quantitative estimate of drug-likeness (QED) is 0.0454. The minimum atomic E-state index is -1.17. The van der Waals surface area contributed by atoms with Gasteiger partial charge in [0.2, 0.25) is 5.91 Å². The van der Waals surface area contributed by atoms with Crippen LogP contribution in [0, 0.1) is 0 Å². The largest absolute Gasteiger partial charge is 0.394 e. The first-order valence-corrected chi connectivity index (χ1v) is 18.3. The van der Waals surface area contributed by atoms with Crippen molar-refractivity contribution < 1.29 is 20.1 Å². The molecule has 252 valence electrons. The van der Waals surface area contributed by atoms with Gasteiger partial charge in [0.25, 0.3) is 0 Å². The van der Waals surface area contributed by atoms with Crippen molar-refractivity contribution in [2.24, 2.45) is 0 Å². The number of allylic oxidation sites excluding steroid dienone is 6. The maximum absolute atomic E-state index is 12.3. The Morgan fingerprint density at radius 2 is 0.953 bits per heavy atom. The molecule has 0 heterocycles. The summed E-state index contributed by atoms with van der Waals surface area (Å²) in [5.74, 6) is -0.177. The van der Waals surface area contributed by atoms with Crippen molar-refractivity contribution in [1.82, 2.24) is 5.32 Å². The molecule has 0 aliphatic heterocycles. The molecule has 0 saturated carbocycles. The third-order valence-corrected chi connectivity index (χ3v) is 8.19. The standard InChI is InChI=1S/C38H71NO4/c1-3-5-7-9-11-13-15-17-18-19-21-22-24-26-28-30-32-36(41)38(43)35(34-40)39-37(42)33-31-29-27-25-23-20-16-14-12-10-8-6-4-2/h18-20,23-24,26,35-36,38,40-41,43H,3-17,21-22,25,27-34H2,1-2H3,(H,39,42)/b19-18+,23-20-,26-24+. The van der Waals surface area contributed by atoms with E-state index in [1.54, 1.807) is 0 Å². The van der Waals surface area contributed by atoms with Crippen molar-refractivity contribution >= 4 is 5.91 Å². The van der Waals surface area contributed by atoms with Gasteiger partial charge in [0, 0.05) is 6.42 Å². The van der Waals surface area contributed by atoms with Crippen molar-refractivity contribution in [1.29, 1.82) is 0 Å². The first kappa shape index (κ1) is 41.6. The fourth-order valence-electron chi connectivity index (χ4n) is 5.29. The molecule has 0 aromatic carbocycles. The van der Waals surface area contributed by atoms with Crippen LogP contribution in [0.4, 0.5) is 0 Å². The van der Waals surface area contributed by atoms with Crippen molar-refractivity contribution in [3.05, 3.63) is 36.5 Å². The molecule has 43 heavy (non-hydrogen) atoms. The lowest BCUT2D eigenvalue weighted by Crippen LogP contribution is -2.50. The van der Waals surface area contributed by atoms with E-state index in [4.69, 9.17) is 0 Å². The molecule has 0 aliphatic carbocycles. The third-order valence-electron chi connectivity index (χ3n) is 8.19. The molecule has 0 saturated heterocycles. The van der Waals surface area contributed by atoms with Crippen LogP contribution < -0.4 is 5.32 Å². The number of nitrogens with one attached hydrogen (secondary N) is 1. The van der Waals surface area contributed by atoms with Crippen LogP contribution in [0.1, 0.15) is 174 Å². The third kappa shape index (κ3) is 29.1. The number of aliphatic hydroxyl groups excluding tert-OH is 3. The first-order valence-electron chi connectivity index (χ1n) is 18.3. The Morgan fingerprint density at radius 1 is 0.558 bits per heavy atom. The number of hydrogen-bond acceptors (Lipinski definition) is 4. The molecule has 0 fully saturated rings. The Kier molecular flexibility index (Phi) is 32.3. The summed E-state index contributed by atoms with van der Waals surface area (Å²) in [7, 11) is 0. The van der Waals surface area contributed by atoms with E-state index in [2.05, 4.69) is 55.6 Å². The van der Waals surface area contributed by atoms with Gasteiger partial charge in [-0.1, -0.05) is 127 Å². The van der Waals surface area contributed by atoms with Gasteiger partial charge in [-0.3, -0.25) is 4.79 Å². The molecular weight excluding hydrogens is 534 g/mol. The second-order valence-corrected chi connectivity index (χ2v) is 12.4. The van der Waals surface area contributed by atoms with Crippen LogP contribution in [-0.4, -0.2) is 46.1 Å². The number of carbonyl (C=O) groups is 1. The van der Waals surface area contributed by atoms with Crippen molar-refractivity contribution in [2.45, 2.75) is 193 Å². The zero-order chi connectivity index (χ0) is 31.6. The van der Waals surface area contributed by atoms with Crippen LogP contribution in [0.2, 0.25) is 0 Å². The summed E-state index contributed by atoms with van der Waals surface area (Å²) in [4.78, 5) is 12.3. The summed E-state index contributed by atoms with van der Waals surface area (Å²) in [5.41, 5.74) is 0. The minimum absolute atomic E-state index is 0.177. The number of rotatable bonds is 32. The highest BCUT2D eigenvalue weighted by molar-refractivity contribution is 5.76. The van der Waals surface area contributed by atoms with Gasteiger partial charge >= 0.3 is 0 Å². The van der Waals surface area contributed by atoms with E-state index in [1.807, 2.05) is 0 Å². The molecule has 5 nitrogen and oxygen atoms in total. The van der Waals surface area contributed by atoms with E-state index in [0.717, 1.165) is 51.4 Å². The van der Waals surface area contributed by atoms with Crippen LogP contribution in [0.25, 0.3) is 0 Å². The van der Waals surface area contributed by atoms with Gasteiger partial charge in [-0.25, -0.2) is 0 Å². The predicted molar refractivity (Wildman–Crippen MR) is 185 cm³/mol. The summed E-state index contributed by atoms with van der Waals surface area (Å²) >= 11 is 0. The summed E-state index contributed by atoms with van der Waals surface area (Å²) in [5, 5.41) is 33.3. The molecule has 0 aliphatic rings. The SMILES string of the molecule is CCCCCCCC/C=C\CCCCCC(=O)NC(CO)C(O)C(O)CCC/C=C/CC/C=C/CCCCCCCCC. The average Bonchev–Trinajstić information content (AvgIpc) is 3.01. The van der Waals surface area contributed by atoms with E-state index >= 15 is 0 Å². The van der Waals surface area contributed by atoms with Crippen LogP contribution in [0.5, 0.6) is 0 Å². The van der Waals surface area contributed by atoms with Gasteiger partial charge in [0.1, 0.15) is 6.10 Å². The molecule has 0 spiro atoms. The Labute approximate surface area is 266 Å². The van der Waals surface area contributed by atoms with Gasteiger partial charge in [0.15, 0.2) is 0 Å². The summed E-state index contributed by atoms with van der Waals surface area (Å²) in [6.07, 6.45) is 39.5. The fourth-order valence-corrected chi connectivity index (χ4v) is 5.29. The second-order valence-electron chi connectivity index (χ2n) is 12.4. The van der Waals surface area contributed by atoms with Gasteiger partial charge in [0.05, 0.1) is 18.8 Å². The molecule has 0 rings (SSSR count). The highest BCUT2D eigenvalue weighted by Gasteiger charge is 2.26. The van der Waals surface area contributed by atoms with Crippen molar-refractivity contribution in [3.8, 4) is 0 Å². The number of amides is 1. The molecular formula is C38H71NO4. The Balaban J connectivity index is 3.81. The summed E-state index contributed by atoms with van der Waals surface area (Å²) in [6.45, 7) is 4.12. The van der Waals surface area contributed by atoms with Crippen LogP contribution in [-0.2, 0) is 4.79 Å². The molecule has 0 aromatic heterocycles. The van der Waals surface area contributed by atoms with Crippen LogP contribution in [0.15, 0.2) is 36.5 Å². The molecule has 0 radical (unpaired) electrons. The fraction of sp³-hybridized carbons (Fsp3) is 0.816. The second kappa shape index (κ2) is 33.5. The lowest BCUT2D eigenvalue weighted by Gasteiger charge is -2.26. The van der Waals surface area contributed by atoms with Crippen LogP contribution in [0.3, 0.4) is 0 Å². The Bertz CT molecular complexity index is 675. The normalized spacial score (nSPS) is 14.3. The van der Waals surface area contributed by atoms with E-state index < -0.39 is 18.2 Å². The molecule has 4 N–H and O–H groups in total. The number of aliphatic hydroxyl groups is 3. The van der Waals surface area contributed by atoms with Gasteiger partial charge in [-0.15, -0.1) is 0 Å². The lowest BCUT2D eigenvalue weighted by molar-refractivity contribution is -0.124. The molecule has 3 atom stereocenters. The summed E-state index contributed by atoms with van der Waals surface area (Å²) < 4.78 is 0. The van der Waals surface area contributed by atoms with Gasteiger partial charge in [-0.2, -0.15) is 0 Å². The van der Waals surface area contributed by atoms with E-state index in [0.29, 0.717) is 12.8 Å². The number of hydrogen-bond donors (Lipinski definition) is 4. The number of unbranched alkanes of at least 4 members (excludes halogenated alkanes) is 18.